The number of hydrogen-bond donors (Lipinski definition) is 0. The van der Waals surface area contributed by atoms with E-state index in [1.807, 2.05) is 60.7 Å². The largest absolute Gasteiger partial charge is 0.295 e. The van der Waals surface area contributed by atoms with Gasteiger partial charge in [0.15, 0.2) is 11.6 Å². The lowest BCUT2D eigenvalue weighted by Crippen LogP contribution is -2.06. The molecule has 0 bridgehead atoms. The molecule has 0 N–H and O–H groups in total. The Morgan fingerprint density at radius 2 is 1.02 bits per heavy atom. The molecule has 0 radical (unpaired) electrons. The molecule has 10 rings (SSSR count). The predicted octanol–water partition coefficient (Wildman–Crippen LogP) is 9.73. The summed E-state index contributed by atoms with van der Waals surface area (Å²) in [5, 5.41) is 2.25. The van der Waals surface area contributed by atoms with Crippen LogP contribution in [0.2, 0.25) is 0 Å². The molecule has 6 aromatic carbocycles. The van der Waals surface area contributed by atoms with Gasteiger partial charge < -0.3 is 0 Å². The average Bonchev–Trinajstić information content (AvgIpc) is 3.84. The Labute approximate surface area is 282 Å². The molecule has 1 aliphatic heterocycles. The lowest BCUT2D eigenvalue weighted by molar-refractivity contribution is 0.953. The van der Waals surface area contributed by atoms with Crippen LogP contribution in [-0.4, -0.2) is 29.1 Å². The molecule has 0 aliphatic carbocycles. The van der Waals surface area contributed by atoms with Gasteiger partial charge in [-0.05, 0) is 29.8 Å². The van der Waals surface area contributed by atoms with Gasteiger partial charge in [0.2, 0.25) is 5.95 Å². The van der Waals surface area contributed by atoms with E-state index < -0.39 is 0 Å². The topological polar surface area (TPSA) is 61.4 Å². The van der Waals surface area contributed by atoms with Gasteiger partial charge in [-0.25, -0.2) is 9.97 Å². The van der Waals surface area contributed by atoms with Crippen LogP contribution in [0.4, 0.5) is 0 Å². The number of imidazole rings is 1. The SMILES string of the molecule is c1ccc(-c2nc(-c3ccccc3)nc(-n3c4ccccc4c4cc(-c5c(-c6ccccc6)nc6n5-c5ccccc5C6)ccc43)n2)cc1. The van der Waals surface area contributed by atoms with Crippen molar-refractivity contribution in [2.45, 2.75) is 6.42 Å². The Morgan fingerprint density at radius 3 is 1.73 bits per heavy atom. The zero-order valence-corrected chi connectivity index (χ0v) is 26.4. The van der Waals surface area contributed by atoms with E-state index in [1.54, 1.807) is 0 Å². The maximum atomic E-state index is 5.26. The Hall–Kier alpha value is -6.66. The highest BCUT2D eigenvalue weighted by Gasteiger charge is 2.28. The number of aromatic nitrogens is 6. The van der Waals surface area contributed by atoms with Crippen LogP contribution in [0.15, 0.2) is 158 Å². The predicted molar refractivity (Wildman–Crippen MR) is 196 cm³/mol. The average molecular weight is 629 g/mol. The smallest absolute Gasteiger partial charge is 0.238 e. The maximum absolute atomic E-state index is 5.26. The first-order valence-electron chi connectivity index (χ1n) is 16.5. The molecule has 0 saturated carbocycles. The minimum Gasteiger partial charge on any atom is -0.295 e. The first kappa shape index (κ1) is 27.5. The van der Waals surface area contributed by atoms with E-state index in [9.17, 15) is 0 Å². The summed E-state index contributed by atoms with van der Waals surface area (Å²) in [4.78, 5) is 20.4. The molecule has 1 aliphatic rings. The molecule has 0 fully saturated rings. The van der Waals surface area contributed by atoms with E-state index in [2.05, 4.69) is 106 Å². The Morgan fingerprint density at radius 1 is 0.429 bits per heavy atom. The second-order valence-corrected chi connectivity index (χ2v) is 12.3. The van der Waals surface area contributed by atoms with Crippen LogP contribution in [0.1, 0.15) is 11.4 Å². The van der Waals surface area contributed by atoms with Crippen molar-refractivity contribution in [1.82, 2.24) is 29.1 Å². The second-order valence-electron chi connectivity index (χ2n) is 12.3. The van der Waals surface area contributed by atoms with Gasteiger partial charge in [0, 0.05) is 39.4 Å². The van der Waals surface area contributed by atoms with Gasteiger partial charge >= 0.3 is 0 Å². The Bertz CT molecular complexity index is 2620. The minimum atomic E-state index is 0.579. The number of nitrogens with zero attached hydrogens (tertiary/aromatic N) is 6. The van der Waals surface area contributed by atoms with Crippen LogP contribution in [0.25, 0.3) is 78.7 Å². The number of hydrogen-bond acceptors (Lipinski definition) is 4. The number of benzene rings is 6. The normalized spacial score (nSPS) is 12.0. The molecule has 0 atom stereocenters. The molecule has 9 aromatic rings. The highest BCUT2D eigenvalue weighted by atomic mass is 15.2. The molecule has 6 nitrogen and oxygen atoms in total. The van der Waals surface area contributed by atoms with Gasteiger partial charge in [-0.15, -0.1) is 0 Å². The molecular weight excluding hydrogens is 601 g/mol. The summed E-state index contributed by atoms with van der Waals surface area (Å²) >= 11 is 0. The Balaban J connectivity index is 1.23. The molecule has 6 heteroatoms. The summed E-state index contributed by atoms with van der Waals surface area (Å²) in [5.74, 6) is 2.90. The number of para-hydroxylation sites is 2. The van der Waals surface area contributed by atoms with Crippen molar-refractivity contribution in [1.29, 1.82) is 0 Å². The zero-order chi connectivity index (χ0) is 32.3. The van der Waals surface area contributed by atoms with Gasteiger partial charge in [-0.2, -0.15) is 9.97 Å². The first-order valence-corrected chi connectivity index (χ1v) is 16.5. The number of fused-ring (bicyclic) bond motifs is 6. The van der Waals surface area contributed by atoms with Gasteiger partial charge in [-0.3, -0.25) is 9.13 Å². The van der Waals surface area contributed by atoms with Gasteiger partial charge in [0.05, 0.1) is 28.1 Å². The summed E-state index contributed by atoms with van der Waals surface area (Å²) in [6, 6.07) is 54.6. The van der Waals surface area contributed by atoms with Gasteiger partial charge in [0.25, 0.3) is 0 Å². The monoisotopic (exact) mass is 628 g/mol. The molecule has 0 saturated heterocycles. The van der Waals surface area contributed by atoms with E-state index >= 15 is 0 Å². The molecule has 3 aromatic heterocycles. The van der Waals surface area contributed by atoms with E-state index in [0.717, 1.165) is 67.7 Å². The minimum absolute atomic E-state index is 0.579. The van der Waals surface area contributed by atoms with Crippen molar-refractivity contribution in [2.24, 2.45) is 0 Å². The fraction of sp³-hybridized carbons (Fsp3) is 0.0233. The third-order valence-corrected chi connectivity index (χ3v) is 9.41. The van der Waals surface area contributed by atoms with Crippen molar-refractivity contribution in [3.8, 4) is 56.9 Å². The van der Waals surface area contributed by atoms with Crippen LogP contribution in [0.3, 0.4) is 0 Å². The molecule has 0 unspecified atom stereocenters. The number of rotatable bonds is 5. The standard InChI is InChI=1S/C43H28N6/c1-4-14-28(15-5-1)39-40(49-35-22-12-10-20-31(35)27-38(49)44-39)32-24-25-37-34(26-32)33-21-11-13-23-36(33)48(37)43-46-41(29-16-6-2-7-17-29)45-42(47-43)30-18-8-3-9-19-30/h1-26H,27H2. The zero-order valence-electron chi connectivity index (χ0n) is 26.4. The van der Waals surface area contributed by atoms with E-state index in [-0.39, 0.29) is 0 Å². The molecule has 0 spiro atoms. The lowest BCUT2D eigenvalue weighted by atomic mass is 10.0. The third-order valence-electron chi connectivity index (χ3n) is 9.41. The van der Waals surface area contributed by atoms with Crippen LogP contribution >= 0.6 is 0 Å². The third kappa shape index (κ3) is 4.42. The summed E-state index contributed by atoms with van der Waals surface area (Å²) < 4.78 is 4.52. The van der Waals surface area contributed by atoms with Gasteiger partial charge in [0.1, 0.15) is 5.82 Å². The molecule has 49 heavy (non-hydrogen) atoms. The van der Waals surface area contributed by atoms with E-state index in [0.29, 0.717) is 17.6 Å². The molecular formula is C43H28N6. The Kier molecular flexibility index (Phi) is 6.14. The van der Waals surface area contributed by atoms with Crippen molar-refractivity contribution in [3.05, 3.63) is 169 Å². The van der Waals surface area contributed by atoms with Crippen LogP contribution < -0.4 is 0 Å². The van der Waals surface area contributed by atoms with E-state index in [4.69, 9.17) is 19.9 Å². The van der Waals surface area contributed by atoms with Crippen LogP contribution in [0.5, 0.6) is 0 Å². The summed E-state index contributed by atoms with van der Waals surface area (Å²) in [6.45, 7) is 0. The van der Waals surface area contributed by atoms with Gasteiger partial charge in [-0.1, -0.05) is 133 Å². The fourth-order valence-corrected chi connectivity index (χ4v) is 7.19. The summed E-state index contributed by atoms with van der Waals surface area (Å²) in [6.07, 6.45) is 0.810. The maximum Gasteiger partial charge on any atom is 0.238 e. The van der Waals surface area contributed by atoms with Crippen molar-refractivity contribution >= 4 is 21.8 Å². The quantitative estimate of drug-likeness (QED) is 0.190. The van der Waals surface area contributed by atoms with Crippen molar-refractivity contribution < 1.29 is 0 Å². The lowest BCUT2D eigenvalue weighted by Gasteiger charge is -2.12. The fourth-order valence-electron chi connectivity index (χ4n) is 7.19. The first-order chi connectivity index (χ1) is 24.3. The van der Waals surface area contributed by atoms with Crippen LogP contribution in [0, 0.1) is 0 Å². The van der Waals surface area contributed by atoms with Crippen LogP contribution in [-0.2, 0) is 6.42 Å². The molecule has 4 heterocycles. The molecule has 0 amide bonds. The summed E-state index contributed by atoms with van der Waals surface area (Å²) in [5.41, 5.74) is 10.7. The second kappa shape index (κ2) is 11.0. The highest BCUT2D eigenvalue weighted by Crippen LogP contribution is 2.42. The highest BCUT2D eigenvalue weighted by molar-refractivity contribution is 6.10. The molecule has 230 valence electrons. The van der Waals surface area contributed by atoms with Crippen molar-refractivity contribution in [2.75, 3.05) is 0 Å². The van der Waals surface area contributed by atoms with Crippen molar-refractivity contribution in [3.63, 3.8) is 0 Å². The summed E-state index contributed by atoms with van der Waals surface area (Å²) in [7, 11) is 0. The van der Waals surface area contributed by atoms with E-state index in [1.165, 1.54) is 11.3 Å².